The lowest BCUT2D eigenvalue weighted by atomic mass is 9.91. The number of ether oxygens (including phenoxy) is 2. The zero-order chi connectivity index (χ0) is 22.0. The van der Waals surface area contributed by atoms with Crippen molar-refractivity contribution in [1.29, 1.82) is 0 Å². The number of methoxy groups -OCH3 is 1. The predicted molar refractivity (Wildman–Crippen MR) is 105 cm³/mol. The second-order valence-electron chi connectivity index (χ2n) is 7.14. The Labute approximate surface area is 175 Å². The van der Waals surface area contributed by atoms with Crippen molar-refractivity contribution in [3.8, 4) is 11.5 Å². The second-order valence-corrected chi connectivity index (χ2v) is 7.14. The molecule has 7 nitrogen and oxygen atoms in total. The van der Waals surface area contributed by atoms with Gasteiger partial charge in [-0.25, -0.2) is 15.0 Å². The van der Waals surface area contributed by atoms with E-state index in [-0.39, 0.29) is 17.6 Å². The molecule has 0 radical (unpaired) electrons. The molecule has 31 heavy (non-hydrogen) atoms. The number of halogens is 3. The van der Waals surface area contributed by atoms with Crippen molar-refractivity contribution < 1.29 is 27.4 Å². The highest BCUT2D eigenvalue weighted by molar-refractivity contribution is 5.94. The van der Waals surface area contributed by atoms with Gasteiger partial charge in [-0.2, -0.15) is 0 Å². The van der Waals surface area contributed by atoms with Gasteiger partial charge in [0.2, 0.25) is 0 Å². The molecule has 1 aromatic carbocycles. The average Bonchev–Trinajstić information content (AvgIpc) is 2.77. The molecule has 162 valence electrons. The largest absolute Gasteiger partial charge is 0.573 e. The number of hydrogen-bond donors (Lipinski definition) is 0. The van der Waals surface area contributed by atoms with Crippen molar-refractivity contribution in [2.45, 2.75) is 25.1 Å². The summed E-state index contributed by atoms with van der Waals surface area (Å²) >= 11 is 0. The molecule has 1 fully saturated rings. The third-order valence-corrected chi connectivity index (χ3v) is 5.23. The highest BCUT2D eigenvalue weighted by Crippen LogP contribution is 2.32. The van der Waals surface area contributed by atoms with Gasteiger partial charge in [-0.1, -0.05) is 0 Å². The van der Waals surface area contributed by atoms with Crippen molar-refractivity contribution in [3.63, 3.8) is 0 Å². The van der Waals surface area contributed by atoms with Crippen molar-refractivity contribution in [1.82, 2.24) is 19.9 Å². The van der Waals surface area contributed by atoms with E-state index < -0.39 is 6.36 Å². The topological polar surface area (TPSA) is 77.4 Å². The number of benzene rings is 1. The molecule has 1 aliphatic rings. The van der Waals surface area contributed by atoms with Gasteiger partial charge in [-0.3, -0.25) is 4.79 Å². The van der Waals surface area contributed by atoms with E-state index in [4.69, 9.17) is 4.74 Å². The third kappa shape index (κ3) is 4.68. The summed E-state index contributed by atoms with van der Waals surface area (Å²) < 4.78 is 46.0. The van der Waals surface area contributed by atoms with Crippen LogP contribution in [-0.2, 0) is 0 Å². The molecule has 0 bridgehead atoms. The number of piperidine rings is 1. The van der Waals surface area contributed by atoms with Crippen molar-refractivity contribution in [2.75, 3.05) is 20.2 Å². The first-order chi connectivity index (χ1) is 14.8. The van der Waals surface area contributed by atoms with Crippen LogP contribution in [0, 0.1) is 0 Å². The van der Waals surface area contributed by atoms with Crippen LogP contribution in [0.2, 0.25) is 0 Å². The van der Waals surface area contributed by atoms with Crippen molar-refractivity contribution in [3.05, 3.63) is 54.1 Å². The molecule has 3 heterocycles. The molecule has 0 saturated carbocycles. The molecule has 2 aromatic heterocycles. The summed E-state index contributed by atoms with van der Waals surface area (Å²) in [5.41, 5.74) is 1.78. The number of alkyl halides is 3. The number of fused-ring (bicyclic) bond motifs is 1. The van der Waals surface area contributed by atoms with Crippen LogP contribution < -0.4 is 9.47 Å². The van der Waals surface area contributed by atoms with Crippen LogP contribution >= 0.6 is 0 Å². The fraction of sp³-hybridized carbons (Fsp3) is 0.333. The van der Waals surface area contributed by atoms with Gasteiger partial charge in [-0.05, 0) is 43.2 Å². The van der Waals surface area contributed by atoms with Crippen LogP contribution in [0.5, 0.6) is 11.5 Å². The Hall–Kier alpha value is -3.43. The van der Waals surface area contributed by atoms with Gasteiger partial charge in [-0.15, -0.1) is 13.2 Å². The average molecular weight is 432 g/mol. The number of amides is 1. The number of likely N-dealkylation sites (tertiary alicyclic amines) is 1. The number of pyridine rings is 1. The zero-order valence-corrected chi connectivity index (χ0v) is 16.6. The van der Waals surface area contributed by atoms with Gasteiger partial charge in [0.25, 0.3) is 5.91 Å². The summed E-state index contributed by atoms with van der Waals surface area (Å²) in [6, 6.07) is 6.82. The fourth-order valence-electron chi connectivity index (χ4n) is 3.72. The van der Waals surface area contributed by atoms with Gasteiger partial charge in [0, 0.05) is 30.0 Å². The number of nitrogens with zero attached hydrogens (tertiary/aromatic N) is 4. The maximum Gasteiger partial charge on any atom is 0.573 e. The Morgan fingerprint density at radius 2 is 1.77 bits per heavy atom. The number of aromatic nitrogens is 3. The van der Waals surface area contributed by atoms with Crippen LogP contribution in [0.25, 0.3) is 11.0 Å². The lowest BCUT2D eigenvalue weighted by molar-refractivity contribution is -0.274. The maximum absolute atomic E-state index is 12.7. The van der Waals surface area contributed by atoms with Crippen LogP contribution in [0.4, 0.5) is 13.2 Å². The Kier molecular flexibility index (Phi) is 5.62. The monoisotopic (exact) mass is 432 g/mol. The minimum atomic E-state index is -4.77. The summed E-state index contributed by atoms with van der Waals surface area (Å²) in [5, 5.41) is 0.826. The molecular weight excluding hydrogens is 413 g/mol. The molecular formula is C21H19F3N4O3. The minimum Gasteiger partial charge on any atom is -0.495 e. The van der Waals surface area contributed by atoms with E-state index in [9.17, 15) is 18.0 Å². The van der Waals surface area contributed by atoms with E-state index in [0.29, 0.717) is 42.9 Å². The highest BCUT2D eigenvalue weighted by Gasteiger charge is 2.31. The maximum atomic E-state index is 12.7. The first-order valence-electron chi connectivity index (χ1n) is 9.64. The van der Waals surface area contributed by atoms with Gasteiger partial charge in [0.15, 0.2) is 5.65 Å². The summed E-state index contributed by atoms with van der Waals surface area (Å²) in [5.74, 6) is 0.162. The number of hydrogen-bond acceptors (Lipinski definition) is 6. The SMILES string of the molecule is COc1cnc2ncnc(C3CCN(C(=O)c4ccc(OC(F)(F)F)cc4)CC3)c2c1. The van der Waals surface area contributed by atoms with Gasteiger partial charge in [0.05, 0.1) is 19.0 Å². The van der Waals surface area contributed by atoms with E-state index >= 15 is 0 Å². The Morgan fingerprint density at radius 1 is 1.06 bits per heavy atom. The smallest absolute Gasteiger partial charge is 0.495 e. The standard InChI is InChI=1S/C21H19F3N4O3/c1-30-16-10-17-18(26-12-27-19(17)25-11-16)13-6-8-28(9-7-13)20(29)14-2-4-15(5-3-14)31-21(22,23)24/h2-5,10-13H,6-9H2,1H3. The van der Waals surface area contributed by atoms with E-state index in [2.05, 4.69) is 19.7 Å². The third-order valence-electron chi connectivity index (χ3n) is 5.23. The summed E-state index contributed by atoms with van der Waals surface area (Å²) in [4.78, 5) is 27.4. The van der Waals surface area contributed by atoms with Gasteiger partial charge >= 0.3 is 6.36 Å². The van der Waals surface area contributed by atoms with E-state index in [1.54, 1.807) is 18.2 Å². The van der Waals surface area contributed by atoms with E-state index in [1.807, 2.05) is 6.07 Å². The first-order valence-corrected chi connectivity index (χ1v) is 9.64. The Morgan fingerprint density at radius 3 is 2.42 bits per heavy atom. The van der Waals surface area contributed by atoms with Crippen LogP contribution in [0.15, 0.2) is 42.9 Å². The van der Waals surface area contributed by atoms with E-state index in [0.717, 1.165) is 23.2 Å². The van der Waals surface area contributed by atoms with Crippen molar-refractivity contribution in [2.24, 2.45) is 0 Å². The summed E-state index contributed by atoms with van der Waals surface area (Å²) in [6.07, 6.45) is -0.280. The van der Waals surface area contributed by atoms with Crippen LogP contribution in [0.3, 0.4) is 0 Å². The molecule has 10 heteroatoms. The molecule has 0 N–H and O–H groups in total. The zero-order valence-electron chi connectivity index (χ0n) is 16.6. The molecule has 0 atom stereocenters. The quantitative estimate of drug-likeness (QED) is 0.621. The molecule has 0 aliphatic carbocycles. The molecule has 4 rings (SSSR count). The molecule has 3 aromatic rings. The fourth-order valence-corrected chi connectivity index (χ4v) is 3.72. The molecule has 1 saturated heterocycles. The lowest BCUT2D eigenvalue weighted by Crippen LogP contribution is -2.38. The number of carbonyl (C=O) groups is 1. The Bertz CT molecular complexity index is 1080. The Balaban J connectivity index is 1.44. The highest BCUT2D eigenvalue weighted by atomic mass is 19.4. The molecule has 1 amide bonds. The van der Waals surface area contributed by atoms with E-state index in [1.165, 1.54) is 18.5 Å². The second kappa shape index (κ2) is 8.37. The van der Waals surface area contributed by atoms with Crippen LogP contribution in [0.1, 0.15) is 34.8 Å². The van der Waals surface area contributed by atoms with Gasteiger partial charge < -0.3 is 14.4 Å². The molecule has 0 spiro atoms. The summed E-state index contributed by atoms with van der Waals surface area (Å²) in [6.45, 7) is 1.01. The molecule has 1 aliphatic heterocycles. The van der Waals surface area contributed by atoms with Gasteiger partial charge in [0.1, 0.15) is 17.8 Å². The van der Waals surface area contributed by atoms with Crippen LogP contribution in [-0.4, -0.2) is 52.3 Å². The summed E-state index contributed by atoms with van der Waals surface area (Å²) in [7, 11) is 1.57. The number of carbonyl (C=O) groups excluding carboxylic acids is 1. The normalized spacial score (nSPS) is 15.2. The minimum absolute atomic E-state index is 0.131. The predicted octanol–water partition coefficient (Wildman–Crippen LogP) is 3.95. The molecule has 0 unspecified atom stereocenters. The van der Waals surface area contributed by atoms with Crippen molar-refractivity contribution >= 4 is 16.9 Å². The number of rotatable bonds is 4. The lowest BCUT2D eigenvalue weighted by Gasteiger charge is -2.32. The first kappa shape index (κ1) is 20.8.